The van der Waals surface area contributed by atoms with E-state index in [1.807, 2.05) is 20.8 Å². The zero-order valence-corrected chi connectivity index (χ0v) is 32.4. The van der Waals surface area contributed by atoms with E-state index >= 15 is 0 Å². The summed E-state index contributed by atoms with van der Waals surface area (Å²) in [6.07, 6.45) is 2.06. The second kappa shape index (κ2) is 13.0. The number of hydrogen-bond acceptors (Lipinski definition) is 3. The number of rotatable bonds is 6. The lowest BCUT2D eigenvalue weighted by atomic mass is 9.79. The van der Waals surface area contributed by atoms with Crippen molar-refractivity contribution in [2.45, 2.75) is 139 Å². The molecule has 0 saturated carbocycles. The molecule has 0 heterocycles. The molecule has 0 fully saturated rings. The van der Waals surface area contributed by atoms with E-state index in [0.29, 0.717) is 36.5 Å². The van der Waals surface area contributed by atoms with Gasteiger partial charge in [0.1, 0.15) is 17.2 Å². The fourth-order valence-electron chi connectivity index (χ4n) is 7.37. The van der Waals surface area contributed by atoms with E-state index in [2.05, 4.69) is 119 Å². The Morgan fingerprint density at radius 2 is 0.688 bits per heavy atom. The molecule has 0 aliphatic heterocycles. The molecule has 0 bridgehead atoms. The van der Waals surface area contributed by atoms with Crippen LogP contribution in [0.5, 0.6) is 17.2 Å². The monoisotopic (exact) mass is 648 g/mol. The summed E-state index contributed by atoms with van der Waals surface area (Å²) in [6.45, 7) is 31.9. The number of phenols is 3. The van der Waals surface area contributed by atoms with Crippen molar-refractivity contribution in [3.8, 4) is 17.2 Å². The minimum absolute atomic E-state index is 0.163. The first-order chi connectivity index (χ1) is 21.9. The van der Waals surface area contributed by atoms with Crippen LogP contribution in [0.4, 0.5) is 0 Å². The van der Waals surface area contributed by atoms with E-state index in [0.717, 1.165) is 50.1 Å². The van der Waals surface area contributed by atoms with Crippen LogP contribution in [0.15, 0.2) is 36.4 Å². The Morgan fingerprint density at radius 3 is 0.958 bits per heavy atom. The molecule has 258 valence electrons. The Bertz CT molecular complexity index is 1770. The third-order valence-corrected chi connectivity index (χ3v) is 10.6. The van der Waals surface area contributed by atoms with Crippen molar-refractivity contribution in [3.63, 3.8) is 0 Å². The maximum absolute atomic E-state index is 11.5. The number of hydrogen-bond donors (Lipinski definition) is 3. The maximum Gasteiger partial charge on any atom is 0.122 e. The zero-order chi connectivity index (χ0) is 36.3. The lowest BCUT2D eigenvalue weighted by Crippen LogP contribution is -2.15. The van der Waals surface area contributed by atoms with Crippen LogP contribution in [0.1, 0.15) is 146 Å². The molecule has 0 atom stereocenters. The van der Waals surface area contributed by atoms with Crippen molar-refractivity contribution >= 4 is 0 Å². The summed E-state index contributed by atoms with van der Waals surface area (Å²) in [6, 6.07) is 13.1. The van der Waals surface area contributed by atoms with Gasteiger partial charge in [-0.25, -0.2) is 0 Å². The fraction of sp³-hybridized carbons (Fsp3) is 0.467. The zero-order valence-electron chi connectivity index (χ0n) is 32.4. The highest BCUT2D eigenvalue weighted by molar-refractivity contribution is 5.58. The summed E-state index contributed by atoms with van der Waals surface area (Å²) < 4.78 is 0. The third-order valence-electron chi connectivity index (χ3n) is 10.6. The lowest BCUT2D eigenvalue weighted by molar-refractivity contribution is 0.441. The molecule has 3 heteroatoms. The second-order valence-electron chi connectivity index (χ2n) is 17.4. The molecule has 0 radical (unpaired) electrons. The van der Waals surface area contributed by atoms with Gasteiger partial charge in [-0.3, -0.25) is 0 Å². The van der Waals surface area contributed by atoms with E-state index in [-0.39, 0.29) is 16.2 Å². The van der Waals surface area contributed by atoms with Crippen molar-refractivity contribution in [3.05, 3.63) is 120 Å². The Labute approximate surface area is 291 Å². The topological polar surface area (TPSA) is 60.7 Å². The van der Waals surface area contributed by atoms with Gasteiger partial charge in [-0.15, -0.1) is 0 Å². The SMILES string of the molecule is Cc1cc(C(C)(C)C)c(O)c(C)c1Cc1cccc(Cc2c(C)cc(C(C)(C)C)c(O)c2C)c1Cc1c(C)cc(C(C)(C)C)c(O)c1C. The summed E-state index contributed by atoms with van der Waals surface area (Å²) in [5, 5.41) is 34.2. The number of aromatic hydroxyl groups is 3. The molecule has 4 rings (SSSR count). The largest absolute Gasteiger partial charge is 0.507 e. The van der Waals surface area contributed by atoms with Gasteiger partial charge in [0.2, 0.25) is 0 Å². The fourth-order valence-corrected chi connectivity index (χ4v) is 7.37. The van der Waals surface area contributed by atoms with Crippen molar-refractivity contribution < 1.29 is 15.3 Å². The predicted molar refractivity (Wildman–Crippen MR) is 204 cm³/mol. The van der Waals surface area contributed by atoms with E-state index in [1.165, 1.54) is 33.4 Å². The van der Waals surface area contributed by atoms with Crippen LogP contribution in [-0.4, -0.2) is 15.3 Å². The minimum atomic E-state index is -0.173. The highest BCUT2D eigenvalue weighted by atomic mass is 16.3. The predicted octanol–water partition coefficient (Wildman–Crippen LogP) is 11.3. The lowest BCUT2D eigenvalue weighted by Gasteiger charge is -2.27. The summed E-state index contributed by atoms with van der Waals surface area (Å²) in [5.41, 5.74) is 15.9. The molecular formula is C45H60O3. The van der Waals surface area contributed by atoms with Gasteiger partial charge < -0.3 is 15.3 Å². The van der Waals surface area contributed by atoms with Gasteiger partial charge in [0.15, 0.2) is 0 Å². The van der Waals surface area contributed by atoms with Crippen LogP contribution < -0.4 is 0 Å². The standard InChI is InChI=1S/C45H60O3/c1-25-19-37(43(7,8)9)40(46)28(4)33(25)22-31-17-16-18-32(23-34-26(2)20-38(44(10,11)12)41(47)29(34)5)36(31)24-35-27(3)21-39(45(13,14)15)42(48)30(35)6/h16-21,46-48H,22-24H2,1-15H3. The summed E-state index contributed by atoms with van der Waals surface area (Å²) in [4.78, 5) is 0. The van der Waals surface area contributed by atoms with Crippen molar-refractivity contribution in [2.75, 3.05) is 0 Å². The highest BCUT2D eigenvalue weighted by Crippen LogP contribution is 2.41. The van der Waals surface area contributed by atoms with Crippen LogP contribution in [0, 0.1) is 41.5 Å². The van der Waals surface area contributed by atoms with Crippen LogP contribution in [0.2, 0.25) is 0 Å². The third kappa shape index (κ3) is 7.16. The first-order valence-corrected chi connectivity index (χ1v) is 17.5. The molecule has 4 aromatic carbocycles. The summed E-state index contributed by atoms with van der Waals surface area (Å²) in [5.74, 6) is 1.15. The first-order valence-electron chi connectivity index (χ1n) is 17.5. The molecule has 0 aliphatic carbocycles. The van der Waals surface area contributed by atoms with E-state index in [4.69, 9.17) is 0 Å². The Hall–Kier alpha value is -3.72. The molecule has 0 unspecified atom stereocenters. The molecule has 0 aromatic heterocycles. The van der Waals surface area contributed by atoms with Crippen LogP contribution >= 0.6 is 0 Å². The molecule has 0 saturated heterocycles. The van der Waals surface area contributed by atoms with Crippen LogP contribution in [-0.2, 0) is 35.5 Å². The minimum Gasteiger partial charge on any atom is -0.507 e. The van der Waals surface area contributed by atoms with Gasteiger partial charge in [-0.1, -0.05) is 98.7 Å². The Morgan fingerprint density at radius 1 is 0.417 bits per heavy atom. The molecule has 3 N–H and O–H groups in total. The van der Waals surface area contributed by atoms with Gasteiger partial charge in [-0.2, -0.15) is 0 Å². The molecule has 4 aromatic rings. The van der Waals surface area contributed by atoms with E-state index in [1.54, 1.807) is 0 Å². The van der Waals surface area contributed by atoms with Gasteiger partial charge >= 0.3 is 0 Å². The first kappa shape index (κ1) is 37.1. The molecule has 3 nitrogen and oxygen atoms in total. The molecule has 0 amide bonds. The van der Waals surface area contributed by atoms with Crippen LogP contribution in [0.3, 0.4) is 0 Å². The molecule has 0 spiro atoms. The quantitative estimate of drug-likeness (QED) is 0.195. The summed E-state index contributed by atoms with van der Waals surface area (Å²) >= 11 is 0. The normalized spacial score (nSPS) is 12.6. The highest BCUT2D eigenvalue weighted by Gasteiger charge is 2.27. The van der Waals surface area contributed by atoms with Crippen molar-refractivity contribution in [2.24, 2.45) is 0 Å². The van der Waals surface area contributed by atoms with Crippen molar-refractivity contribution in [1.82, 2.24) is 0 Å². The van der Waals surface area contributed by atoms with Gasteiger partial charge in [0, 0.05) is 0 Å². The van der Waals surface area contributed by atoms with Crippen molar-refractivity contribution in [1.29, 1.82) is 0 Å². The second-order valence-corrected chi connectivity index (χ2v) is 17.4. The molecular weight excluding hydrogens is 588 g/mol. The van der Waals surface area contributed by atoms with Crippen LogP contribution in [0.25, 0.3) is 0 Å². The Kier molecular flexibility index (Phi) is 10.0. The average Bonchev–Trinajstić information content (AvgIpc) is 2.96. The molecule has 48 heavy (non-hydrogen) atoms. The molecule has 0 aliphatic rings. The Balaban J connectivity index is 1.96. The number of phenolic OH excluding ortho intramolecular Hbond substituents is 3. The maximum atomic E-state index is 11.5. The average molecular weight is 649 g/mol. The number of benzene rings is 4. The number of aryl methyl sites for hydroxylation is 3. The summed E-state index contributed by atoms with van der Waals surface area (Å²) in [7, 11) is 0. The smallest absolute Gasteiger partial charge is 0.122 e. The van der Waals surface area contributed by atoms with E-state index < -0.39 is 0 Å². The van der Waals surface area contributed by atoms with Gasteiger partial charge in [0.25, 0.3) is 0 Å². The van der Waals surface area contributed by atoms with Gasteiger partial charge in [-0.05, 0) is 161 Å². The van der Waals surface area contributed by atoms with Gasteiger partial charge in [0.05, 0.1) is 0 Å². The van der Waals surface area contributed by atoms with E-state index in [9.17, 15) is 15.3 Å².